The molecule has 2 aromatic heterocycles. The van der Waals surface area contributed by atoms with Crippen molar-refractivity contribution in [2.75, 3.05) is 39.3 Å². The van der Waals surface area contributed by atoms with E-state index in [4.69, 9.17) is 0 Å². The molecular weight excluding hydrogens is 428 g/mol. The van der Waals surface area contributed by atoms with Crippen LogP contribution >= 0.6 is 0 Å². The fourth-order valence-corrected chi connectivity index (χ4v) is 5.91. The number of aromatic amines is 2. The summed E-state index contributed by atoms with van der Waals surface area (Å²) < 4.78 is 0. The highest BCUT2D eigenvalue weighted by molar-refractivity contribution is 5.83. The number of nitrogens with zero attached hydrogens (tertiary/aromatic N) is 2. The monoisotopic (exact) mass is 466 g/mol. The third kappa shape index (κ3) is 5.32. The molecule has 0 saturated carbocycles. The van der Waals surface area contributed by atoms with Gasteiger partial charge in [-0.05, 0) is 93.9 Å². The van der Waals surface area contributed by atoms with Gasteiger partial charge in [0.2, 0.25) is 0 Å². The standard InChI is InChI=1S/C31H38N4/c1-3-9-30-26(4-2)28(22-32-30)24-12-18-34(19-13-24)16-7-8-17-35-20-14-25(15-21-35)29-23-33-31-11-6-5-10-27(29)31/h3-6,9-11,22-25,32-33H,2,12-21H2,1H3/b9-3-. The predicted octanol–water partition coefficient (Wildman–Crippen LogP) is 6.23. The lowest BCUT2D eigenvalue weighted by atomic mass is 9.88. The Labute approximate surface area is 210 Å². The number of H-pyrrole nitrogens is 2. The summed E-state index contributed by atoms with van der Waals surface area (Å²) in [5.74, 6) is 8.20. The molecule has 0 atom stereocenters. The summed E-state index contributed by atoms with van der Waals surface area (Å²) >= 11 is 0. The van der Waals surface area contributed by atoms with Gasteiger partial charge in [0.1, 0.15) is 0 Å². The van der Waals surface area contributed by atoms with Crippen molar-refractivity contribution in [2.45, 2.75) is 44.4 Å². The second-order valence-electron chi connectivity index (χ2n) is 10.0. The average Bonchev–Trinajstić information content (AvgIpc) is 3.52. The van der Waals surface area contributed by atoms with E-state index in [1.54, 1.807) is 0 Å². The molecule has 2 fully saturated rings. The topological polar surface area (TPSA) is 38.1 Å². The normalized spacial score (nSPS) is 18.8. The number of likely N-dealkylation sites (tertiary alicyclic amines) is 2. The molecule has 2 saturated heterocycles. The van der Waals surface area contributed by atoms with Gasteiger partial charge in [-0.1, -0.05) is 48.8 Å². The van der Waals surface area contributed by atoms with E-state index in [-0.39, 0.29) is 0 Å². The van der Waals surface area contributed by atoms with Crippen LogP contribution in [0.4, 0.5) is 0 Å². The first kappa shape index (κ1) is 23.7. The van der Waals surface area contributed by atoms with E-state index in [0.29, 0.717) is 11.8 Å². The first-order valence-electron chi connectivity index (χ1n) is 13.2. The number of rotatable bonds is 6. The Balaban J connectivity index is 1.06. The molecule has 4 heterocycles. The van der Waals surface area contributed by atoms with Gasteiger partial charge in [-0.2, -0.15) is 0 Å². The third-order valence-corrected chi connectivity index (χ3v) is 7.93. The summed E-state index contributed by atoms with van der Waals surface area (Å²) in [5, 5.41) is 1.39. The van der Waals surface area contributed by atoms with Crippen LogP contribution in [0, 0.1) is 11.8 Å². The molecule has 0 amide bonds. The Kier molecular flexibility index (Phi) is 7.57. The van der Waals surface area contributed by atoms with E-state index in [9.17, 15) is 0 Å². The van der Waals surface area contributed by atoms with Gasteiger partial charge in [-0.15, -0.1) is 0 Å². The number of fused-ring (bicyclic) bond motifs is 1. The van der Waals surface area contributed by atoms with Crippen LogP contribution in [0.2, 0.25) is 0 Å². The Morgan fingerprint density at radius 1 is 0.886 bits per heavy atom. The van der Waals surface area contributed by atoms with Crippen LogP contribution in [-0.2, 0) is 0 Å². The highest BCUT2D eigenvalue weighted by Gasteiger charge is 2.24. The molecule has 4 heteroatoms. The number of benzene rings is 1. The zero-order valence-corrected chi connectivity index (χ0v) is 21.0. The molecule has 4 nitrogen and oxygen atoms in total. The molecule has 0 aliphatic carbocycles. The number of para-hydroxylation sites is 1. The van der Waals surface area contributed by atoms with E-state index in [1.807, 2.05) is 6.08 Å². The molecule has 182 valence electrons. The summed E-state index contributed by atoms with van der Waals surface area (Å²) in [6.45, 7) is 12.4. The SMILES string of the molecule is C=Cc1c(C2CCN(CC#CCN3CCC(c4c[nH]c5ccccc45)CC3)CC2)c[nH]c1/C=C\C. The van der Waals surface area contributed by atoms with E-state index >= 15 is 0 Å². The molecule has 0 unspecified atom stereocenters. The third-order valence-electron chi connectivity index (χ3n) is 7.93. The molecule has 5 rings (SSSR count). The molecule has 2 aliphatic rings. The molecule has 2 N–H and O–H groups in total. The Morgan fingerprint density at radius 3 is 2.11 bits per heavy atom. The van der Waals surface area contributed by atoms with Gasteiger partial charge in [0.15, 0.2) is 0 Å². The number of aromatic nitrogens is 2. The second-order valence-corrected chi connectivity index (χ2v) is 10.0. The van der Waals surface area contributed by atoms with Crippen molar-refractivity contribution in [2.24, 2.45) is 0 Å². The lowest BCUT2D eigenvalue weighted by Gasteiger charge is -2.31. The maximum absolute atomic E-state index is 4.05. The molecule has 0 radical (unpaired) electrons. The maximum Gasteiger partial charge on any atom is 0.0602 e. The van der Waals surface area contributed by atoms with Crippen molar-refractivity contribution in [3.8, 4) is 11.8 Å². The maximum atomic E-state index is 4.05. The minimum Gasteiger partial charge on any atom is -0.361 e. The molecule has 35 heavy (non-hydrogen) atoms. The van der Waals surface area contributed by atoms with Gasteiger partial charge in [0.25, 0.3) is 0 Å². The van der Waals surface area contributed by atoms with Gasteiger partial charge in [0, 0.05) is 34.6 Å². The lowest BCUT2D eigenvalue weighted by Crippen LogP contribution is -2.34. The van der Waals surface area contributed by atoms with Crippen molar-refractivity contribution in [1.29, 1.82) is 0 Å². The van der Waals surface area contributed by atoms with Crippen molar-refractivity contribution in [1.82, 2.24) is 19.8 Å². The molecule has 1 aromatic carbocycles. The fraction of sp³-hybridized carbons (Fsp3) is 0.419. The predicted molar refractivity (Wildman–Crippen MR) is 148 cm³/mol. The second kappa shape index (κ2) is 11.2. The van der Waals surface area contributed by atoms with Crippen LogP contribution in [0.15, 0.2) is 49.3 Å². The van der Waals surface area contributed by atoms with Crippen molar-refractivity contribution in [3.63, 3.8) is 0 Å². The number of piperidine rings is 2. The van der Waals surface area contributed by atoms with Crippen molar-refractivity contribution in [3.05, 3.63) is 71.7 Å². The van der Waals surface area contributed by atoms with Crippen LogP contribution in [0.1, 0.15) is 66.8 Å². The summed E-state index contributed by atoms with van der Waals surface area (Å²) in [7, 11) is 0. The van der Waals surface area contributed by atoms with Crippen molar-refractivity contribution < 1.29 is 0 Å². The van der Waals surface area contributed by atoms with E-state index in [2.05, 4.69) is 93.9 Å². The highest BCUT2D eigenvalue weighted by Crippen LogP contribution is 2.34. The molecular formula is C31H38N4. The average molecular weight is 467 g/mol. The highest BCUT2D eigenvalue weighted by atomic mass is 15.1. The lowest BCUT2D eigenvalue weighted by molar-refractivity contribution is 0.232. The smallest absolute Gasteiger partial charge is 0.0602 e. The minimum absolute atomic E-state index is 0.612. The number of hydrogen-bond acceptors (Lipinski definition) is 2. The Morgan fingerprint density at radius 2 is 1.49 bits per heavy atom. The number of hydrogen-bond donors (Lipinski definition) is 2. The first-order chi connectivity index (χ1) is 17.3. The van der Waals surface area contributed by atoms with Gasteiger partial charge in [-0.25, -0.2) is 0 Å². The number of nitrogens with one attached hydrogen (secondary N) is 2. The summed E-state index contributed by atoms with van der Waals surface area (Å²) in [5.41, 5.74) is 6.63. The zero-order chi connectivity index (χ0) is 24.0. The van der Waals surface area contributed by atoms with E-state index < -0.39 is 0 Å². The van der Waals surface area contributed by atoms with Gasteiger partial charge < -0.3 is 9.97 Å². The number of allylic oxidation sites excluding steroid dienone is 1. The zero-order valence-electron chi connectivity index (χ0n) is 21.0. The van der Waals surface area contributed by atoms with Crippen LogP contribution in [0.25, 0.3) is 23.1 Å². The Bertz CT molecular complexity index is 1220. The molecule has 2 aliphatic heterocycles. The summed E-state index contributed by atoms with van der Waals surface area (Å²) in [4.78, 5) is 11.9. The van der Waals surface area contributed by atoms with Gasteiger partial charge in [0.05, 0.1) is 13.1 Å². The summed E-state index contributed by atoms with van der Waals surface area (Å²) in [6.07, 6.45) is 15.5. The molecule has 0 spiro atoms. The van der Waals surface area contributed by atoms with Gasteiger partial charge in [-0.3, -0.25) is 9.80 Å². The minimum atomic E-state index is 0.612. The van der Waals surface area contributed by atoms with Crippen LogP contribution in [0.5, 0.6) is 0 Å². The van der Waals surface area contributed by atoms with Gasteiger partial charge >= 0.3 is 0 Å². The van der Waals surface area contributed by atoms with Crippen molar-refractivity contribution >= 4 is 23.1 Å². The largest absolute Gasteiger partial charge is 0.361 e. The van der Waals surface area contributed by atoms with Crippen LogP contribution < -0.4 is 0 Å². The summed E-state index contributed by atoms with van der Waals surface area (Å²) in [6, 6.07) is 8.67. The quantitative estimate of drug-likeness (QED) is 0.422. The molecule has 0 bridgehead atoms. The fourth-order valence-electron chi connectivity index (χ4n) is 5.91. The first-order valence-corrected chi connectivity index (χ1v) is 13.2. The van der Waals surface area contributed by atoms with Crippen LogP contribution in [0.3, 0.4) is 0 Å². The molecule has 3 aromatic rings. The Hall–Kier alpha value is -3.00. The van der Waals surface area contributed by atoms with E-state index in [1.165, 1.54) is 59.0 Å². The van der Waals surface area contributed by atoms with E-state index in [0.717, 1.165) is 39.3 Å². The van der Waals surface area contributed by atoms with Crippen LogP contribution in [-0.4, -0.2) is 59.0 Å².